The summed E-state index contributed by atoms with van der Waals surface area (Å²) in [6, 6.07) is 9.42. The van der Waals surface area contributed by atoms with Gasteiger partial charge >= 0.3 is 12.1 Å². The van der Waals surface area contributed by atoms with Crippen molar-refractivity contribution in [2.75, 3.05) is 33.3 Å². The number of unbranched alkanes of at least 4 members (excludes halogenated alkanes) is 2. The van der Waals surface area contributed by atoms with E-state index in [1.807, 2.05) is 44.2 Å². The molecule has 9 heteroatoms. The molecule has 1 rings (SSSR count). The maximum Gasteiger partial charge on any atom is 0.407 e. The van der Waals surface area contributed by atoms with Crippen LogP contribution >= 0.6 is 0 Å². The SMILES string of the molecule is CC(C)COC(=O)CN(C)C(=O)CNC(=O)CCCCCNC(=O)OCc1ccccc1. The van der Waals surface area contributed by atoms with Crippen molar-refractivity contribution < 1.29 is 28.7 Å². The summed E-state index contributed by atoms with van der Waals surface area (Å²) in [5.41, 5.74) is 0.921. The molecule has 0 saturated heterocycles. The summed E-state index contributed by atoms with van der Waals surface area (Å²) in [6.07, 6.45) is 1.92. The number of alkyl carbamates (subject to hydrolysis) is 1. The summed E-state index contributed by atoms with van der Waals surface area (Å²) in [6.45, 7) is 4.53. The number of carbonyl (C=O) groups excluding carboxylic acids is 4. The number of nitrogens with zero attached hydrogens (tertiary/aromatic N) is 1. The Morgan fingerprint density at radius 1 is 0.969 bits per heavy atom. The van der Waals surface area contributed by atoms with Gasteiger partial charge in [-0.1, -0.05) is 50.6 Å². The van der Waals surface area contributed by atoms with Crippen molar-refractivity contribution in [3.8, 4) is 0 Å². The predicted molar refractivity (Wildman–Crippen MR) is 120 cm³/mol. The van der Waals surface area contributed by atoms with Crippen LogP contribution in [0, 0.1) is 5.92 Å². The molecule has 1 aromatic carbocycles. The maximum atomic E-state index is 12.0. The lowest BCUT2D eigenvalue weighted by Gasteiger charge is -2.17. The number of amides is 3. The lowest BCUT2D eigenvalue weighted by Crippen LogP contribution is -2.40. The van der Waals surface area contributed by atoms with Gasteiger partial charge in [0.05, 0.1) is 13.2 Å². The van der Waals surface area contributed by atoms with Crippen molar-refractivity contribution in [3.05, 3.63) is 35.9 Å². The second-order valence-electron chi connectivity index (χ2n) is 7.90. The molecule has 0 spiro atoms. The zero-order valence-corrected chi connectivity index (χ0v) is 19.2. The molecule has 0 saturated carbocycles. The highest BCUT2D eigenvalue weighted by molar-refractivity contribution is 5.86. The van der Waals surface area contributed by atoms with E-state index < -0.39 is 12.1 Å². The largest absolute Gasteiger partial charge is 0.464 e. The lowest BCUT2D eigenvalue weighted by molar-refractivity contribution is -0.149. The Bertz CT molecular complexity index is 724. The first kappa shape index (κ1) is 26.9. The Kier molecular flexibility index (Phi) is 13.2. The zero-order valence-electron chi connectivity index (χ0n) is 19.2. The Labute approximate surface area is 189 Å². The molecular weight excluding hydrogens is 414 g/mol. The summed E-state index contributed by atoms with van der Waals surface area (Å²) in [4.78, 5) is 48.4. The van der Waals surface area contributed by atoms with Crippen LogP contribution in [0.3, 0.4) is 0 Å². The van der Waals surface area contributed by atoms with E-state index in [0.29, 0.717) is 26.0 Å². The molecule has 0 unspecified atom stereocenters. The molecule has 0 fully saturated rings. The quantitative estimate of drug-likeness (QED) is 0.333. The molecule has 2 N–H and O–H groups in total. The van der Waals surface area contributed by atoms with Gasteiger partial charge in [0.1, 0.15) is 13.2 Å². The summed E-state index contributed by atoms with van der Waals surface area (Å²) in [5, 5.41) is 5.23. The normalized spacial score (nSPS) is 10.4. The second kappa shape index (κ2) is 15.7. The molecule has 0 radical (unpaired) electrons. The van der Waals surface area contributed by atoms with E-state index in [-0.39, 0.29) is 43.8 Å². The van der Waals surface area contributed by atoms with Crippen LogP contribution in [0.5, 0.6) is 0 Å². The lowest BCUT2D eigenvalue weighted by atomic mass is 10.2. The minimum atomic E-state index is -0.474. The summed E-state index contributed by atoms with van der Waals surface area (Å²) in [7, 11) is 1.49. The molecule has 0 aliphatic rings. The van der Waals surface area contributed by atoms with Gasteiger partial charge in [-0.05, 0) is 24.3 Å². The third-order valence-electron chi connectivity index (χ3n) is 4.37. The van der Waals surface area contributed by atoms with Gasteiger partial charge in [0.25, 0.3) is 0 Å². The fourth-order valence-corrected chi connectivity index (χ4v) is 2.54. The third kappa shape index (κ3) is 13.3. The predicted octanol–water partition coefficient (Wildman–Crippen LogP) is 2.25. The average molecular weight is 450 g/mol. The van der Waals surface area contributed by atoms with Crippen LogP contribution in [-0.4, -0.2) is 62.1 Å². The molecule has 178 valence electrons. The summed E-state index contributed by atoms with van der Waals surface area (Å²) >= 11 is 0. The third-order valence-corrected chi connectivity index (χ3v) is 4.37. The first-order valence-electron chi connectivity index (χ1n) is 10.9. The molecule has 0 heterocycles. The Hall–Kier alpha value is -3.10. The van der Waals surface area contributed by atoms with Crippen LogP contribution in [0.2, 0.25) is 0 Å². The number of benzene rings is 1. The van der Waals surface area contributed by atoms with Gasteiger partial charge in [-0.15, -0.1) is 0 Å². The van der Waals surface area contributed by atoms with Gasteiger partial charge < -0.3 is 25.0 Å². The number of hydrogen-bond acceptors (Lipinski definition) is 6. The van der Waals surface area contributed by atoms with Crippen molar-refractivity contribution in [1.29, 1.82) is 0 Å². The highest BCUT2D eigenvalue weighted by Crippen LogP contribution is 2.02. The number of esters is 1. The minimum Gasteiger partial charge on any atom is -0.464 e. The fourth-order valence-electron chi connectivity index (χ4n) is 2.54. The highest BCUT2D eigenvalue weighted by Gasteiger charge is 2.15. The first-order chi connectivity index (χ1) is 15.3. The fraction of sp³-hybridized carbons (Fsp3) is 0.565. The smallest absolute Gasteiger partial charge is 0.407 e. The second-order valence-corrected chi connectivity index (χ2v) is 7.90. The minimum absolute atomic E-state index is 0.151. The topological polar surface area (TPSA) is 114 Å². The first-order valence-corrected chi connectivity index (χ1v) is 10.9. The molecule has 0 aliphatic heterocycles. The number of ether oxygens (including phenoxy) is 2. The molecule has 3 amide bonds. The van der Waals surface area contributed by atoms with Crippen molar-refractivity contribution >= 4 is 23.9 Å². The van der Waals surface area contributed by atoms with E-state index in [9.17, 15) is 19.2 Å². The van der Waals surface area contributed by atoms with Crippen LogP contribution < -0.4 is 10.6 Å². The van der Waals surface area contributed by atoms with Crippen LogP contribution in [0.15, 0.2) is 30.3 Å². The molecule has 32 heavy (non-hydrogen) atoms. The monoisotopic (exact) mass is 449 g/mol. The number of rotatable bonds is 14. The van der Waals surface area contributed by atoms with Gasteiger partial charge in [-0.3, -0.25) is 14.4 Å². The van der Waals surface area contributed by atoms with E-state index in [1.165, 1.54) is 11.9 Å². The highest BCUT2D eigenvalue weighted by atomic mass is 16.5. The van der Waals surface area contributed by atoms with E-state index in [2.05, 4.69) is 10.6 Å². The van der Waals surface area contributed by atoms with Crippen molar-refractivity contribution in [1.82, 2.24) is 15.5 Å². The Morgan fingerprint density at radius 2 is 1.69 bits per heavy atom. The van der Waals surface area contributed by atoms with Gasteiger partial charge in [-0.2, -0.15) is 0 Å². The van der Waals surface area contributed by atoms with Gasteiger partial charge in [0.2, 0.25) is 11.8 Å². The van der Waals surface area contributed by atoms with Gasteiger partial charge in [0, 0.05) is 20.0 Å². The average Bonchev–Trinajstić information content (AvgIpc) is 2.77. The number of carbonyl (C=O) groups is 4. The van der Waals surface area contributed by atoms with Crippen molar-refractivity contribution in [2.24, 2.45) is 5.92 Å². The van der Waals surface area contributed by atoms with E-state index in [4.69, 9.17) is 9.47 Å². The number of likely N-dealkylation sites (N-methyl/N-ethyl adjacent to an activating group) is 1. The molecule has 0 bridgehead atoms. The summed E-state index contributed by atoms with van der Waals surface area (Å²) < 4.78 is 10.1. The molecule has 0 aromatic heterocycles. The maximum absolute atomic E-state index is 12.0. The van der Waals surface area contributed by atoms with Crippen LogP contribution in [0.4, 0.5) is 4.79 Å². The Morgan fingerprint density at radius 3 is 2.38 bits per heavy atom. The van der Waals surface area contributed by atoms with Gasteiger partial charge in [-0.25, -0.2) is 4.79 Å². The summed E-state index contributed by atoms with van der Waals surface area (Å²) in [5.74, 6) is -0.843. The molecule has 9 nitrogen and oxygen atoms in total. The Balaban J connectivity index is 2.04. The van der Waals surface area contributed by atoms with Crippen molar-refractivity contribution in [3.63, 3.8) is 0 Å². The van der Waals surface area contributed by atoms with E-state index in [1.54, 1.807) is 0 Å². The standard InChI is InChI=1S/C23H35N3O6/c1-18(2)16-31-22(29)15-26(3)21(28)14-25-20(27)12-8-5-9-13-24-23(30)32-17-19-10-6-4-7-11-19/h4,6-7,10-11,18H,5,8-9,12-17H2,1-3H3,(H,24,30)(H,25,27). The molecule has 0 aliphatic carbocycles. The number of hydrogen-bond donors (Lipinski definition) is 2. The van der Waals surface area contributed by atoms with E-state index >= 15 is 0 Å². The van der Waals surface area contributed by atoms with Crippen LogP contribution in [0.25, 0.3) is 0 Å². The number of nitrogens with one attached hydrogen (secondary N) is 2. The van der Waals surface area contributed by atoms with Crippen molar-refractivity contribution in [2.45, 2.75) is 46.1 Å². The molecule has 0 atom stereocenters. The van der Waals surface area contributed by atoms with Crippen LogP contribution in [-0.2, 0) is 30.5 Å². The van der Waals surface area contributed by atoms with Gasteiger partial charge in [0.15, 0.2) is 0 Å². The molecule has 1 aromatic rings. The van der Waals surface area contributed by atoms with Crippen LogP contribution in [0.1, 0.15) is 45.1 Å². The molecular formula is C23H35N3O6. The zero-order chi connectivity index (χ0) is 23.8. The van der Waals surface area contributed by atoms with E-state index in [0.717, 1.165) is 12.0 Å².